The third kappa shape index (κ3) is 4.96. The van der Waals surface area contributed by atoms with Gasteiger partial charge in [0.2, 0.25) is 12.7 Å². The summed E-state index contributed by atoms with van der Waals surface area (Å²) in [5.74, 6) is 0.182. The number of nitrogens with zero attached hydrogens (tertiary/aromatic N) is 4. The van der Waals surface area contributed by atoms with Gasteiger partial charge in [0.25, 0.3) is 5.91 Å². The fraction of sp³-hybridized carbons (Fsp3) is 0.300. The molecule has 0 spiro atoms. The van der Waals surface area contributed by atoms with Crippen LogP contribution in [0.2, 0.25) is 0 Å². The van der Waals surface area contributed by atoms with Crippen molar-refractivity contribution in [2.24, 2.45) is 0 Å². The molecule has 11 nitrogen and oxygen atoms in total. The number of nitrogens with one attached hydrogen (secondary N) is 1. The smallest absolute Gasteiger partial charge is 0.434 e. The zero-order chi connectivity index (χ0) is 24.3. The second-order valence-electron chi connectivity index (χ2n) is 6.94. The molecule has 1 amide bonds. The first-order valence-corrected chi connectivity index (χ1v) is 9.78. The third-order valence-corrected chi connectivity index (χ3v) is 4.62. The highest BCUT2D eigenvalue weighted by molar-refractivity contribution is 5.95. The number of halogens is 3. The molecule has 1 aliphatic rings. The summed E-state index contributed by atoms with van der Waals surface area (Å²) < 4.78 is 62.3. The van der Waals surface area contributed by atoms with E-state index in [0.717, 1.165) is 6.20 Å². The Balaban J connectivity index is 1.40. The van der Waals surface area contributed by atoms with Crippen molar-refractivity contribution in [2.75, 3.05) is 27.1 Å². The Hall–Kier alpha value is -4.07. The highest BCUT2D eigenvalue weighted by Crippen LogP contribution is 2.35. The van der Waals surface area contributed by atoms with Crippen LogP contribution in [0.3, 0.4) is 0 Å². The molecule has 2 aromatic heterocycles. The van der Waals surface area contributed by atoms with Crippen LogP contribution in [-0.2, 0) is 6.18 Å². The maximum Gasteiger partial charge on any atom is 0.434 e. The van der Waals surface area contributed by atoms with Gasteiger partial charge in [-0.3, -0.25) is 4.79 Å². The van der Waals surface area contributed by atoms with Gasteiger partial charge in [0.15, 0.2) is 23.0 Å². The van der Waals surface area contributed by atoms with Crippen molar-refractivity contribution in [3.8, 4) is 28.9 Å². The molecule has 0 radical (unpaired) electrons. The van der Waals surface area contributed by atoms with E-state index >= 15 is 0 Å². The largest absolute Gasteiger partial charge is 0.491 e. The molecule has 0 fully saturated rings. The molecular formula is C20H18F3N5O6. The Morgan fingerprint density at radius 3 is 2.74 bits per heavy atom. The number of methoxy groups -OCH3 is 1. The van der Waals surface area contributed by atoms with E-state index in [2.05, 4.69) is 20.6 Å². The van der Waals surface area contributed by atoms with Crippen molar-refractivity contribution in [3.05, 3.63) is 47.8 Å². The van der Waals surface area contributed by atoms with E-state index in [-0.39, 0.29) is 31.6 Å². The number of fused-ring (bicyclic) bond motifs is 1. The number of hydrogen-bond donors (Lipinski definition) is 2. The standard InChI is InChI=1S/C20H18F3N5O6/c1-31-17-5-4-16(26-27-17)28-18(20(21,22)23)13(8-25-28)19(30)24-7-11(29)9-32-12-2-3-14-15(6-12)34-10-33-14/h2-6,8,11,29H,7,9-10H2,1H3,(H,24,30). The molecule has 4 rings (SSSR count). The van der Waals surface area contributed by atoms with Gasteiger partial charge in [-0.15, -0.1) is 10.2 Å². The average molecular weight is 481 g/mol. The van der Waals surface area contributed by atoms with Gasteiger partial charge in [0, 0.05) is 18.7 Å². The summed E-state index contributed by atoms with van der Waals surface area (Å²) in [6.45, 7) is -0.504. The number of aliphatic hydroxyl groups excluding tert-OH is 1. The maximum absolute atomic E-state index is 13.7. The van der Waals surface area contributed by atoms with Gasteiger partial charge < -0.3 is 29.4 Å². The molecule has 3 heterocycles. The Morgan fingerprint density at radius 2 is 2.03 bits per heavy atom. The van der Waals surface area contributed by atoms with Crippen LogP contribution in [0.5, 0.6) is 23.1 Å². The van der Waals surface area contributed by atoms with Crippen molar-refractivity contribution in [3.63, 3.8) is 0 Å². The van der Waals surface area contributed by atoms with Gasteiger partial charge in [-0.05, 0) is 18.2 Å². The summed E-state index contributed by atoms with van der Waals surface area (Å²) in [6.07, 6.45) is -5.36. The highest BCUT2D eigenvalue weighted by atomic mass is 19.4. The van der Waals surface area contributed by atoms with Gasteiger partial charge in [0.1, 0.15) is 18.5 Å². The van der Waals surface area contributed by atoms with Crippen molar-refractivity contribution in [1.29, 1.82) is 0 Å². The van der Waals surface area contributed by atoms with Crippen LogP contribution in [0.15, 0.2) is 36.5 Å². The van der Waals surface area contributed by atoms with Crippen molar-refractivity contribution < 1.29 is 42.0 Å². The minimum absolute atomic E-state index is 0.0922. The molecule has 0 saturated carbocycles. The Kier molecular flexibility index (Phi) is 6.40. The minimum atomic E-state index is -4.92. The fourth-order valence-corrected chi connectivity index (χ4v) is 3.02. The van der Waals surface area contributed by atoms with Gasteiger partial charge in [-0.1, -0.05) is 0 Å². The quantitative estimate of drug-likeness (QED) is 0.493. The van der Waals surface area contributed by atoms with E-state index in [1.54, 1.807) is 18.2 Å². The Morgan fingerprint density at radius 1 is 1.24 bits per heavy atom. The SMILES string of the molecule is COc1ccc(-n2ncc(C(=O)NCC(O)COc3ccc4c(c3)OCO4)c2C(F)(F)F)nn1. The van der Waals surface area contributed by atoms with Gasteiger partial charge >= 0.3 is 6.18 Å². The summed E-state index contributed by atoms with van der Waals surface area (Å²) in [7, 11) is 1.33. The third-order valence-electron chi connectivity index (χ3n) is 4.62. The zero-order valence-electron chi connectivity index (χ0n) is 17.6. The summed E-state index contributed by atoms with van der Waals surface area (Å²) >= 11 is 0. The summed E-state index contributed by atoms with van der Waals surface area (Å²) in [5.41, 5.74) is -2.08. The van der Waals surface area contributed by atoms with Crippen LogP contribution in [-0.4, -0.2) is 64.1 Å². The normalized spacial score (nSPS) is 13.4. The molecule has 1 aromatic carbocycles. The van der Waals surface area contributed by atoms with E-state index in [4.69, 9.17) is 18.9 Å². The van der Waals surface area contributed by atoms with Crippen molar-refractivity contribution in [1.82, 2.24) is 25.3 Å². The average Bonchev–Trinajstić information content (AvgIpc) is 3.48. The number of amides is 1. The predicted molar refractivity (Wildman–Crippen MR) is 107 cm³/mol. The Bertz CT molecular complexity index is 1170. The molecule has 1 atom stereocenters. The molecular weight excluding hydrogens is 463 g/mol. The van der Waals surface area contributed by atoms with E-state index in [9.17, 15) is 23.1 Å². The molecule has 0 saturated heterocycles. The number of alkyl halides is 3. The topological polar surface area (TPSA) is 130 Å². The first-order valence-electron chi connectivity index (χ1n) is 9.78. The second-order valence-corrected chi connectivity index (χ2v) is 6.94. The van der Waals surface area contributed by atoms with E-state index in [0.29, 0.717) is 21.9 Å². The minimum Gasteiger partial charge on any atom is -0.491 e. The second kappa shape index (κ2) is 9.43. The lowest BCUT2D eigenvalue weighted by molar-refractivity contribution is -0.143. The number of hydrogen-bond acceptors (Lipinski definition) is 9. The number of aliphatic hydroxyl groups is 1. The highest BCUT2D eigenvalue weighted by Gasteiger charge is 2.41. The van der Waals surface area contributed by atoms with Crippen LogP contribution in [0, 0.1) is 0 Å². The number of ether oxygens (including phenoxy) is 4. The van der Waals surface area contributed by atoms with E-state index < -0.39 is 29.4 Å². The van der Waals surface area contributed by atoms with Gasteiger partial charge in [0.05, 0.1) is 18.9 Å². The molecule has 2 N–H and O–H groups in total. The summed E-state index contributed by atoms with van der Waals surface area (Å²) in [6, 6.07) is 7.33. The van der Waals surface area contributed by atoms with E-state index in [1.807, 2.05) is 0 Å². The van der Waals surface area contributed by atoms with E-state index in [1.165, 1.54) is 19.2 Å². The number of rotatable bonds is 8. The predicted octanol–water partition coefficient (Wildman–Crippen LogP) is 1.59. The van der Waals surface area contributed by atoms with Crippen LogP contribution in [0.4, 0.5) is 13.2 Å². The number of benzene rings is 1. The summed E-state index contributed by atoms with van der Waals surface area (Å²) in [4.78, 5) is 12.5. The zero-order valence-corrected chi connectivity index (χ0v) is 17.6. The van der Waals surface area contributed by atoms with Crippen LogP contribution < -0.4 is 24.3 Å². The number of aromatic nitrogens is 4. The lowest BCUT2D eigenvalue weighted by Gasteiger charge is -2.15. The van der Waals surface area contributed by atoms with Crippen LogP contribution in [0.1, 0.15) is 16.1 Å². The monoisotopic (exact) mass is 481 g/mol. The lowest BCUT2D eigenvalue weighted by atomic mass is 10.2. The molecule has 14 heteroatoms. The maximum atomic E-state index is 13.7. The summed E-state index contributed by atoms with van der Waals surface area (Å²) in [5, 5.41) is 23.2. The molecule has 0 aliphatic carbocycles. The molecule has 1 unspecified atom stereocenters. The Labute approximate surface area is 190 Å². The number of carbonyl (C=O) groups is 1. The van der Waals surface area contributed by atoms with Gasteiger partial charge in [-0.25, -0.2) is 4.68 Å². The number of carbonyl (C=O) groups excluding carboxylic acids is 1. The van der Waals surface area contributed by atoms with Crippen LogP contribution >= 0.6 is 0 Å². The molecule has 180 valence electrons. The van der Waals surface area contributed by atoms with Crippen LogP contribution in [0.25, 0.3) is 5.82 Å². The lowest BCUT2D eigenvalue weighted by Crippen LogP contribution is -2.36. The van der Waals surface area contributed by atoms with Gasteiger partial charge in [-0.2, -0.15) is 18.3 Å². The molecule has 1 aliphatic heterocycles. The first-order chi connectivity index (χ1) is 16.3. The first kappa shape index (κ1) is 23.1. The van der Waals surface area contributed by atoms with Crippen molar-refractivity contribution >= 4 is 5.91 Å². The molecule has 34 heavy (non-hydrogen) atoms. The fourth-order valence-electron chi connectivity index (χ4n) is 3.02. The molecule has 3 aromatic rings. The van der Waals surface area contributed by atoms with Crippen molar-refractivity contribution in [2.45, 2.75) is 12.3 Å². The molecule has 0 bridgehead atoms.